The molecule has 2 atom stereocenters. The lowest BCUT2D eigenvalue weighted by molar-refractivity contribution is 0.0760. The molecule has 0 saturated heterocycles. The van der Waals surface area contributed by atoms with Gasteiger partial charge in [0.2, 0.25) is 0 Å². The highest BCUT2D eigenvalue weighted by Crippen LogP contribution is 2.45. The third-order valence-electron chi connectivity index (χ3n) is 9.84. The lowest BCUT2D eigenvalue weighted by Crippen LogP contribution is -2.57. The molecule has 170 valence electrons. The van der Waals surface area contributed by atoms with Gasteiger partial charge in [-0.15, -0.1) is 6.58 Å². The van der Waals surface area contributed by atoms with Gasteiger partial charge in [0.05, 0.1) is 0 Å². The van der Waals surface area contributed by atoms with E-state index in [-0.39, 0.29) is 5.54 Å². The van der Waals surface area contributed by atoms with E-state index in [4.69, 9.17) is 5.73 Å². The van der Waals surface area contributed by atoms with Crippen molar-refractivity contribution in [3.8, 4) is 0 Å². The zero-order chi connectivity index (χ0) is 21.7. The predicted octanol–water partition coefficient (Wildman–Crippen LogP) is 7.23. The Morgan fingerprint density at radius 1 is 0.759 bits per heavy atom. The van der Waals surface area contributed by atoms with Crippen LogP contribution < -0.4 is 11.1 Å². The Labute approximate surface area is 182 Å². The number of hydrogen-bond acceptors (Lipinski definition) is 2. The third-order valence-corrected chi connectivity index (χ3v) is 9.84. The number of allylic oxidation sites excluding steroid dienone is 1. The van der Waals surface area contributed by atoms with Crippen molar-refractivity contribution in [1.29, 1.82) is 0 Å². The molecule has 2 aliphatic carbocycles. The summed E-state index contributed by atoms with van der Waals surface area (Å²) >= 11 is 0. The van der Waals surface area contributed by atoms with Gasteiger partial charge in [0, 0.05) is 17.1 Å². The van der Waals surface area contributed by atoms with Crippen LogP contribution in [0.15, 0.2) is 12.7 Å². The summed E-state index contributed by atoms with van der Waals surface area (Å²) in [7, 11) is 0. The second-order valence-corrected chi connectivity index (χ2v) is 11.0. The zero-order valence-electron chi connectivity index (χ0n) is 20.7. The molecule has 2 fully saturated rings. The van der Waals surface area contributed by atoms with Crippen LogP contribution in [-0.4, -0.2) is 17.1 Å². The fraction of sp³-hybridized carbons (Fsp3) is 0.926. The summed E-state index contributed by atoms with van der Waals surface area (Å²) in [6.45, 7) is 18.2. The Kier molecular flexibility index (Phi) is 8.86. The van der Waals surface area contributed by atoms with E-state index in [1.807, 2.05) is 0 Å². The standard InChI is InChI=1S/C27H52N2/c1-8-25(6,9-2)21-17-19-24(20-18-21)29-27(11-4,12-5)23-15-13-22(14-16-23)26(7,28)10-3/h8,21-24,29H,1,9-20,28H2,2-7H3. The molecule has 0 aromatic carbocycles. The van der Waals surface area contributed by atoms with Gasteiger partial charge in [0.25, 0.3) is 0 Å². The quantitative estimate of drug-likeness (QED) is 0.377. The Bertz CT molecular complexity index is 491. The summed E-state index contributed by atoms with van der Waals surface area (Å²) < 4.78 is 0. The van der Waals surface area contributed by atoms with Crippen molar-refractivity contribution in [3.63, 3.8) is 0 Å². The summed E-state index contributed by atoms with van der Waals surface area (Å²) in [5.41, 5.74) is 7.28. The number of nitrogens with two attached hydrogens (primary N) is 1. The van der Waals surface area contributed by atoms with E-state index in [2.05, 4.69) is 59.5 Å². The Morgan fingerprint density at radius 3 is 1.66 bits per heavy atom. The maximum absolute atomic E-state index is 6.61. The summed E-state index contributed by atoms with van der Waals surface area (Å²) in [6, 6.07) is 0.699. The Balaban J connectivity index is 1.97. The normalized spacial score (nSPS) is 32.9. The second-order valence-electron chi connectivity index (χ2n) is 11.0. The van der Waals surface area contributed by atoms with Crippen LogP contribution in [0, 0.1) is 23.2 Å². The van der Waals surface area contributed by atoms with E-state index in [0.717, 1.165) is 18.3 Å². The predicted molar refractivity (Wildman–Crippen MR) is 129 cm³/mol. The van der Waals surface area contributed by atoms with E-state index in [1.165, 1.54) is 70.6 Å². The smallest absolute Gasteiger partial charge is 0.0207 e. The van der Waals surface area contributed by atoms with Gasteiger partial charge in [0.1, 0.15) is 0 Å². The van der Waals surface area contributed by atoms with Crippen molar-refractivity contribution < 1.29 is 0 Å². The van der Waals surface area contributed by atoms with Crippen LogP contribution in [0.5, 0.6) is 0 Å². The Hall–Kier alpha value is -0.340. The van der Waals surface area contributed by atoms with E-state index in [9.17, 15) is 0 Å². The number of hydrogen-bond donors (Lipinski definition) is 2. The van der Waals surface area contributed by atoms with Crippen molar-refractivity contribution in [3.05, 3.63) is 12.7 Å². The van der Waals surface area contributed by atoms with Crippen LogP contribution >= 0.6 is 0 Å². The molecular formula is C27H52N2. The van der Waals surface area contributed by atoms with E-state index >= 15 is 0 Å². The third kappa shape index (κ3) is 5.48. The molecule has 0 bridgehead atoms. The average molecular weight is 405 g/mol. The minimum Gasteiger partial charge on any atom is -0.325 e. The van der Waals surface area contributed by atoms with Gasteiger partial charge in [-0.05, 0) is 107 Å². The van der Waals surface area contributed by atoms with Gasteiger partial charge in [-0.3, -0.25) is 0 Å². The molecule has 0 aromatic heterocycles. The van der Waals surface area contributed by atoms with Crippen LogP contribution in [0.4, 0.5) is 0 Å². The maximum atomic E-state index is 6.61. The fourth-order valence-electron chi connectivity index (χ4n) is 6.65. The molecule has 0 radical (unpaired) electrons. The molecule has 0 spiro atoms. The van der Waals surface area contributed by atoms with Gasteiger partial charge < -0.3 is 11.1 Å². The topological polar surface area (TPSA) is 38.0 Å². The van der Waals surface area contributed by atoms with E-state index in [0.29, 0.717) is 22.9 Å². The highest BCUT2D eigenvalue weighted by molar-refractivity contribution is 5.02. The van der Waals surface area contributed by atoms with E-state index in [1.54, 1.807) is 0 Å². The molecule has 2 saturated carbocycles. The monoisotopic (exact) mass is 404 g/mol. The molecule has 2 aliphatic rings. The highest BCUT2D eigenvalue weighted by Gasteiger charge is 2.42. The fourth-order valence-corrected chi connectivity index (χ4v) is 6.65. The lowest BCUT2D eigenvalue weighted by atomic mass is 9.64. The van der Waals surface area contributed by atoms with Crippen LogP contribution in [0.25, 0.3) is 0 Å². The average Bonchev–Trinajstić information content (AvgIpc) is 2.77. The molecule has 0 heterocycles. The highest BCUT2D eigenvalue weighted by atomic mass is 15.0. The van der Waals surface area contributed by atoms with Crippen molar-refractivity contribution in [1.82, 2.24) is 5.32 Å². The molecule has 2 unspecified atom stereocenters. The van der Waals surface area contributed by atoms with Crippen molar-refractivity contribution in [2.45, 2.75) is 136 Å². The molecule has 3 N–H and O–H groups in total. The van der Waals surface area contributed by atoms with Gasteiger partial charge in [-0.1, -0.05) is 40.7 Å². The molecule has 2 nitrogen and oxygen atoms in total. The molecule has 0 amide bonds. The van der Waals surface area contributed by atoms with Crippen LogP contribution in [0.1, 0.15) is 119 Å². The molecule has 0 aromatic rings. The van der Waals surface area contributed by atoms with Crippen LogP contribution in [0.2, 0.25) is 0 Å². The SMILES string of the molecule is C=CC(C)(CC)C1CCC(NC(CC)(CC)C2CCC(C(C)(N)CC)CC2)CC1. The molecular weight excluding hydrogens is 352 g/mol. The first-order chi connectivity index (χ1) is 13.7. The summed E-state index contributed by atoms with van der Waals surface area (Å²) in [5.74, 6) is 2.33. The first-order valence-electron chi connectivity index (χ1n) is 12.9. The lowest BCUT2D eigenvalue weighted by Gasteiger charge is -2.49. The van der Waals surface area contributed by atoms with E-state index < -0.39 is 0 Å². The zero-order valence-corrected chi connectivity index (χ0v) is 20.7. The summed E-state index contributed by atoms with van der Waals surface area (Å²) in [6.07, 6.45) is 17.8. The van der Waals surface area contributed by atoms with Crippen molar-refractivity contribution >= 4 is 0 Å². The maximum Gasteiger partial charge on any atom is 0.0207 e. The second kappa shape index (κ2) is 10.3. The minimum atomic E-state index is 0.0228. The largest absolute Gasteiger partial charge is 0.325 e. The Morgan fingerprint density at radius 2 is 1.24 bits per heavy atom. The number of rotatable bonds is 10. The van der Waals surface area contributed by atoms with Gasteiger partial charge >= 0.3 is 0 Å². The molecule has 2 rings (SSSR count). The van der Waals surface area contributed by atoms with Crippen LogP contribution in [-0.2, 0) is 0 Å². The van der Waals surface area contributed by atoms with Gasteiger partial charge in [0.15, 0.2) is 0 Å². The molecule has 2 heteroatoms. The molecule has 0 aliphatic heterocycles. The summed E-state index contributed by atoms with van der Waals surface area (Å²) in [4.78, 5) is 0. The summed E-state index contributed by atoms with van der Waals surface area (Å²) in [5, 5.41) is 4.26. The van der Waals surface area contributed by atoms with Gasteiger partial charge in [-0.2, -0.15) is 0 Å². The first-order valence-corrected chi connectivity index (χ1v) is 12.9. The van der Waals surface area contributed by atoms with Gasteiger partial charge in [-0.25, -0.2) is 0 Å². The van der Waals surface area contributed by atoms with Crippen molar-refractivity contribution in [2.75, 3.05) is 0 Å². The minimum absolute atomic E-state index is 0.0228. The first kappa shape index (κ1) is 24.9. The van der Waals surface area contributed by atoms with Crippen LogP contribution in [0.3, 0.4) is 0 Å². The van der Waals surface area contributed by atoms with Crippen molar-refractivity contribution in [2.24, 2.45) is 28.9 Å². The number of nitrogens with one attached hydrogen (secondary N) is 1. The molecule has 29 heavy (non-hydrogen) atoms.